The predicted octanol–water partition coefficient (Wildman–Crippen LogP) is 4.11. The van der Waals surface area contributed by atoms with Crippen molar-refractivity contribution in [2.75, 3.05) is 18.4 Å². The van der Waals surface area contributed by atoms with Crippen LogP contribution in [0, 0.1) is 0 Å². The Morgan fingerprint density at radius 2 is 1.75 bits per heavy atom. The van der Waals surface area contributed by atoms with Crippen molar-refractivity contribution < 1.29 is 8.42 Å². The Kier molecular flexibility index (Phi) is 7.12. The van der Waals surface area contributed by atoms with E-state index in [2.05, 4.69) is 10.3 Å². The molecule has 1 N–H and O–H groups in total. The molecule has 5 rings (SSSR count). The van der Waals surface area contributed by atoms with E-state index < -0.39 is 15.3 Å². The van der Waals surface area contributed by atoms with Gasteiger partial charge in [0.2, 0.25) is 16.0 Å². The first-order valence-corrected chi connectivity index (χ1v) is 14.5. The van der Waals surface area contributed by atoms with Crippen LogP contribution in [0.15, 0.2) is 47.4 Å². The van der Waals surface area contributed by atoms with Crippen LogP contribution in [0.1, 0.15) is 69.5 Å². The zero-order valence-electron chi connectivity index (χ0n) is 21.1. The fraction of sp³-hybridized carbons (Fsp3) is 0.519. The molecule has 1 saturated heterocycles. The minimum Gasteiger partial charge on any atom is -0.351 e. The highest BCUT2D eigenvalue weighted by Gasteiger charge is 2.30. The monoisotopic (exact) mass is 509 g/mol. The highest BCUT2D eigenvalue weighted by atomic mass is 32.2. The third-order valence-corrected chi connectivity index (χ3v) is 9.79. The number of hydrogen-bond donors (Lipinski definition) is 1. The van der Waals surface area contributed by atoms with Gasteiger partial charge < -0.3 is 5.32 Å². The van der Waals surface area contributed by atoms with Crippen LogP contribution in [0.4, 0.5) is 5.95 Å². The van der Waals surface area contributed by atoms with E-state index in [1.54, 1.807) is 18.2 Å². The van der Waals surface area contributed by atoms with Gasteiger partial charge in [-0.25, -0.2) is 17.7 Å². The summed E-state index contributed by atoms with van der Waals surface area (Å²) < 4.78 is 28.5. The fourth-order valence-electron chi connectivity index (χ4n) is 5.43. The maximum atomic E-state index is 13.7. The van der Waals surface area contributed by atoms with Gasteiger partial charge in [0, 0.05) is 48.7 Å². The number of piperidine rings is 1. The summed E-state index contributed by atoms with van der Waals surface area (Å²) in [6, 6.07) is 12.2. The number of benzene rings is 1. The Morgan fingerprint density at radius 3 is 2.42 bits per heavy atom. The van der Waals surface area contributed by atoms with Crippen LogP contribution in [0.5, 0.6) is 0 Å². The Balaban J connectivity index is 1.42. The summed E-state index contributed by atoms with van der Waals surface area (Å²) in [5.74, 6) is 0.495. The van der Waals surface area contributed by atoms with E-state index in [0.717, 1.165) is 42.2 Å². The molecule has 1 saturated carbocycles. The molecule has 0 radical (unpaired) electrons. The fourth-order valence-corrected chi connectivity index (χ4v) is 6.74. The van der Waals surface area contributed by atoms with Crippen molar-refractivity contribution in [2.45, 2.75) is 76.1 Å². The highest BCUT2D eigenvalue weighted by Crippen LogP contribution is 2.31. The van der Waals surface area contributed by atoms with Crippen molar-refractivity contribution >= 4 is 27.0 Å². The molecule has 1 aliphatic heterocycles. The molecule has 2 fully saturated rings. The van der Waals surface area contributed by atoms with Crippen molar-refractivity contribution in [2.24, 2.45) is 0 Å². The summed E-state index contributed by atoms with van der Waals surface area (Å²) in [6.45, 7) is 4.41. The van der Waals surface area contributed by atoms with Gasteiger partial charge in [-0.1, -0.05) is 43.2 Å². The molecule has 0 atom stereocenters. The number of hydrogen-bond acceptors (Lipinski definition) is 6. The van der Waals surface area contributed by atoms with Crippen LogP contribution in [0.3, 0.4) is 0 Å². The number of rotatable bonds is 7. The van der Waals surface area contributed by atoms with Gasteiger partial charge in [-0.3, -0.25) is 9.36 Å². The minimum absolute atomic E-state index is 0.0371. The summed E-state index contributed by atoms with van der Waals surface area (Å²) in [5.41, 5.74) is 2.59. The molecule has 0 bridgehead atoms. The summed E-state index contributed by atoms with van der Waals surface area (Å²) >= 11 is 0. The Labute approximate surface area is 212 Å². The number of anilines is 1. The third-order valence-electron chi connectivity index (χ3n) is 7.52. The molecule has 3 aromatic rings. The normalized spacial score (nSPS) is 18.3. The van der Waals surface area contributed by atoms with Gasteiger partial charge in [-0.15, -0.1) is 0 Å². The maximum absolute atomic E-state index is 13.7. The summed E-state index contributed by atoms with van der Waals surface area (Å²) in [4.78, 5) is 23.1. The van der Waals surface area contributed by atoms with Gasteiger partial charge >= 0.3 is 0 Å². The molecule has 9 heteroatoms. The standard InChI is InChI=1S/C27H35N5O3S/c1-19(2)36(34,35)31-14-12-23(13-15-31)29-27-28-18-22-17-21(16-20-8-4-3-5-9-20)26(33)32(25(22)30-27)24-10-6-7-11-24/h3-5,8-9,17-19,23-24H,6-7,10-16H2,1-2H3,(H,28,29,30). The molecule has 3 heterocycles. The van der Waals surface area contributed by atoms with E-state index in [9.17, 15) is 13.2 Å². The second-order valence-corrected chi connectivity index (χ2v) is 12.8. The average Bonchev–Trinajstić information content (AvgIpc) is 3.40. The molecule has 36 heavy (non-hydrogen) atoms. The third kappa shape index (κ3) is 5.04. The number of nitrogens with one attached hydrogen (secondary N) is 1. The number of sulfonamides is 1. The minimum atomic E-state index is -3.24. The predicted molar refractivity (Wildman–Crippen MR) is 143 cm³/mol. The topological polar surface area (TPSA) is 97.2 Å². The van der Waals surface area contributed by atoms with Gasteiger partial charge in [0.05, 0.1) is 5.25 Å². The van der Waals surface area contributed by atoms with Gasteiger partial charge in [0.25, 0.3) is 5.56 Å². The zero-order chi connectivity index (χ0) is 25.3. The van der Waals surface area contributed by atoms with Crippen molar-refractivity contribution in [1.29, 1.82) is 0 Å². The molecule has 0 spiro atoms. The van der Waals surface area contributed by atoms with Crippen molar-refractivity contribution in [3.63, 3.8) is 0 Å². The van der Waals surface area contributed by atoms with Crippen LogP contribution in [0.25, 0.3) is 11.0 Å². The second kappa shape index (κ2) is 10.3. The average molecular weight is 510 g/mol. The first-order chi connectivity index (χ1) is 17.3. The molecule has 1 aromatic carbocycles. The molecule has 8 nitrogen and oxygen atoms in total. The summed E-state index contributed by atoms with van der Waals surface area (Å²) in [7, 11) is -3.24. The molecular weight excluding hydrogens is 474 g/mol. The lowest BCUT2D eigenvalue weighted by Gasteiger charge is -2.32. The first-order valence-electron chi connectivity index (χ1n) is 13.0. The van der Waals surface area contributed by atoms with E-state index in [1.165, 1.54) is 0 Å². The lowest BCUT2D eigenvalue weighted by Crippen LogP contribution is -2.45. The molecule has 0 amide bonds. The molecule has 2 aromatic heterocycles. The quantitative estimate of drug-likeness (QED) is 0.515. The van der Waals surface area contributed by atoms with Gasteiger partial charge in [0.15, 0.2) is 0 Å². The lowest BCUT2D eigenvalue weighted by atomic mass is 10.0. The molecular formula is C27H35N5O3S. The number of fused-ring (bicyclic) bond motifs is 1. The Hall–Kier alpha value is -2.78. The first kappa shape index (κ1) is 24.9. The van der Waals surface area contributed by atoms with E-state index in [-0.39, 0.29) is 17.6 Å². The maximum Gasteiger partial charge on any atom is 0.256 e. The largest absolute Gasteiger partial charge is 0.351 e. The highest BCUT2D eigenvalue weighted by molar-refractivity contribution is 7.89. The van der Waals surface area contributed by atoms with Gasteiger partial charge in [-0.2, -0.15) is 4.98 Å². The van der Waals surface area contributed by atoms with Crippen molar-refractivity contribution in [3.8, 4) is 0 Å². The van der Waals surface area contributed by atoms with Crippen LogP contribution in [-0.2, 0) is 16.4 Å². The van der Waals surface area contributed by atoms with E-state index in [4.69, 9.17) is 4.98 Å². The smallest absolute Gasteiger partial charge is 0.256 e. The van der Waals surface area contributed by atoms with Crippen molar-refractivity contribution in [1.82, 2.24) is 18.8 Å². The SMILES string of the molecule is CC(C)S(=O)(=O)N1CCC(Nc2ncc3cc(Cc4ccccc4)c(=O)n(C4CCCC4)c3n2)CC1. The summed E-state index contributed by atoms with van der Waals surface area (Å²) in [5, 5.41) is 3.87. The van der Waals surface area contributed by atoms with Gasteiger partial charge in [-0.05, 0) is 51.2 Å². The zero-order valence-corrected chi connectivity index (χ0v) is 21.9. The summed E-state index contributed by atoms with van der Waals surface area (Å²) in [6.07, 6.45) is 7.99. The number of aromatic nitrogens is 3. The van der Waals surface area contributed by atoms with Gasteiger partial charge in [0.1, 0.15) is 5.65 Å². The van der Waals surface area contributed by atoms with Crippen LogP contribution in [-0.4, -0.2) is 51.6 Å². The number of pyridine rings is 1. The molecule has 2 aliphatic rings. The van der Waals surface area contributed by atoms with Crippen LogP contribution < -0.4 is 10.9 Å². The van der Waals surface area contributed by atoms with E-state index in [1.807, 2.05) is 47.2 Å². The molecule has 1 aliphatic carbocycles. The second-order valence-electron chi connectivity index (χ2n) is 10.3. The Bertz CT molecular complexity index is 1370. The van der Waals surface area contributed by atoms with Crippen molar-refractivity contribution in [3.05, 3.63) is 64.1 Å². The molecule has 192 valence electrons. The van der Waals surface area contributed by atoms with E-state index in [0.29, 0.717) is 43.9 Å². The van der Waals surface area contributed by atoms with E-state index >= 15 is 0 Å². The lowest BCUT2D eigenvalue weighted by molar-refractivity contribution is 0.326. The van der Waals surface area contributed by atoms with Crippen LogP contribution >= 0.6 is 0 Å². The van der Waals surface area contributed by atoms with Crippen LogP contribution in [0.2, 0.25) is 0 Å². The number of nitrogens with zero attached hydrogens (tertiary/aromatic N) is 4. The molecule has 0 unspecified atom stereocenters. The Morgan fingerprint density at radius 1 is 1.06 bits per heavy atom.